The van der Waals surface area contributed by atoms with E-state index < -0.39 is 0 Å². The van der Waals surface area contributed by atoms with Gasteiger partial charge in [-0.1, -0.05) is 18.2 Å². The minimum absolute atomic E-state index is 0.0384. The fourth-order valence-electron chi connectivity index (χ4n) is 3.08. The zero-order chi connectivity index (χ0) is 17.1. The molecule has 0 saturated carbocycles. The second-order valence-corrected chi connectivity index (χ2v) is 6.07. The van der Waals surface area contributed by atoms with Gasteiger partial charge in [0.15, 0.2) is 0 Å². The predicted octanol–water partition coefficient (Wildman–Crippen LogP) is 1.14. The van der Waals surface area contributed by atoms with E-state index >= 15 is 0 Å². The molecule has 1 atom stereocenters. The van der Waals surface area contributed by atoms with Crippen molar-refractivity contribution >= 4 is 5.91 Å². The van der Waals surface area contributed by atoms with Crippen molar-refractivity contribution in [2.45, 2.75) is 18.9 Å². The van der Waals surface area contributed by atoms with E-state index in [4.69, 9.17) is 0 Å². The fourth-order valence-corrected chi connectivity index (χ4v) is 3.08. The molecule has 7 heteroatoms. The number of H-pyrrole nitrogens is 1. The Balaban J connectivity index is 1.33. The summed E-state index contributed by atoms with van der Waals surface area (Å²) in [5.41, 5.74) is 3.96. The predicted molar refractivity (Wildman–Crippen MR) is 93.3 cm³/mol. The maximum atomic E-state index is 12.4. The quantitative estimate of drug-likeness (QED) is 0.652. The van der Waals surface area contributed by atoms with Gasteiger partial charge < -0.3 is 15.6 Å². The Hall–Kier alpha value is -2.93. The van der Waals surface area contributed by atoms with Crippen LogP contribution in [0.5, 0.6) is 0 Å². The van der Waals surface area contributed by atoms with Crippen molar-refractivity contribution in [3.05, 3.63) is 66.0 Å². The molecular formula is C18H20N6O. The number of carbonyl (C=O) groups is 1. The number of para-hydroxylation sites is 1. The molecule has 0 radical (unpaired) electrons. The number of fused-ring (bicyclic) bond motifs is 1. The van der Waals surface area contributed by atoms with E-state index in [1.165, 1.54) is 0 Å². The number of rotatable bonds is 5. The van der Waals surface area contributed by atoms with Crippen LogP contribution in [0.25, 0.3) is 5.69 Å². The molecule has 1 aliphatic heterocycles. The van der Waals surface area contributed by atoms with Crippen LogP contribution in [0, 0.1) is 0 Å². The lowest BCUT2D eigenvalue weighted by Crippen LogP contribution is -2.42. The second kappa shape index (κ2) is 6.90. The van der Waals surface area contributed by atoms with Crippen LogP contribution in [-0.4, -0.2) is 38.7 Å². The van der Waals surface area contributed by atoms with Gasteiger partial charge in [-0.25, -0.2) is 9.67 Å². The van der Waals surface area contributed by atoms with Gasteiger partial charge in [-0.15, -0.1) is 0 Å². The fraction of sp³-hybridized carbons (Fsp3) is 0.278. The van der Waals surface area contributed by atoms with Crippen molar-refractivity contribution in [2.24, 2.45) is 0 Å². The van der Waals surface area contributed by atoms with E-state index in [1.54, 1.807) is 6.33 Å². The van der Waals surface area contributed by atoms with E-state index in [9.17, 15) is 4.79 Å². The van der Waals surface area contributed by atoms with Gasteiger partial charge in [0, 0.05) is 31.4 Å². The summed E-state index contributed by atoms with van der Waals surface area (Å²) < 4.78 is 1.84. The average Bonchev–Trinajstić information content (AvgIpc) is 3.31. The first-order chi connectivity index (χ1) is 12.3. The third kappa shape index (κ3) is 3.32. The van der Waals surface area contributed by atoms with Crippen molar-refractivity contribution in [3.63, 3.8) is 0 Å². The topological polar surface area (TPSA) is 87.6 Å². The largest absolute Gasteiger partial charge is 0.354 e. The molecule has 3 heterocycles. The standard InChI is InChI=1S/C18H20N6O/c25-18(17-16-15(7-9-19-17)21-12-22-16)20-8-6-13-10-23-24(11-13)14-4-2-1-3-5-14/h1-5,10-12,17,19H,6-9H2,(H,20,25)(H,21,22)/t17-/m0/s1. The van der Waals surface area contributed by atoms with Crippen LogP contribution in [0.15, 0.2) is 49.1 Å². The first kappa shape index (κ1) is 15.6. The number of benzene rings is 1. The first-order valence-electron chi connectivity index (χ1n) is 8.43. The zero-order valence-electron chi connectivity index (χ0n) is 13.8. The molecule has 0 spiro atoms. The number of imidazole rings is 1. The van der Waals surface area contributed by atoms with Gasteiger partial charge in [0.05, 0.1) is 23.9 Å². The van der Waals surface area contributed by atoms with Crippen LogP contribution >= 0.6 is 0 Å². The van der Waals surface area contributed by atoms with Crippen molar-refractivity contribution in [2.75, 3.05) is 13.1 Å². The van der Waals surface area contributed by atoms with Crippen LogP contribution in [-0.2, 0) is 17.6 Å². The van der Waals surface area contributed by atoms with Crippen LogP contribution in [0.4, 0.5) is 0 Å². The lowest BCUT2D eigenvalue weighted by molar-refractivity contribution is -0.123. The van der Waals surface area contributed by atoms with Crippen LogP contribution in [0.1, 0.15) is 23.0 Å². The summed E-state index contributed by atoms with van der Waals surface area (Å²) >= 11 is 0. The Labute approximate surface area is 145 Å². The molecule has 2 aromatic heterocycles. The van der Waals surface area contributed by atoms with E-state index in [0.29, 0.717) is 6.54 Å². The maximum Gasteiger partial charge on any atom is 0.243 e. The highest BCUT2D eigenvalue weighted by atomic mass is 16.2. The molecule has 1 aliphatic rings. The van der Waals surface area contributed by atoms with Gasteiger partial charge in [-0.2, -0.15) is 5.10 Å². The van der Waals surface area contributed by atoms with Gasteiger partial charge >= 0.3 is 0 Å². The number of carbonyl (C=O) groups excluding carboxylic acids is 1. The van der Waals surface area contributed by atoms with Crippen LogP contribution in [0.3, 0.4) is 0 Å². The summed E-state index contributed by atoms with van der Waals surface area (Å²) in [6, 6.07) is 9.59. The Bertz CT molecular complexity index is 853. The normalized spacial score (nSPS) is 16.4. The Morgan fingerprint density at radius 2 is 2.20 bits per heavy atom. The number of aromatic nitrogens is 4. The highest BCUT2D eigenvalue weighted by molar-refractivity contribution is 5.83. The molecule has 3 aromatic rings. The molecule has 1 amide bonds. The molecule has 0 unspecified atom stereocenters. The third-order valence-corrected chi connectivity index (χ3v) is 4.38. The molecule has 1 aromatic carbocycles. The molecule has 25 heavy (non-hydrogen) atoms. The highest BCUT2D eigenvalue weighted by Gasteiger charge is 2.27. The molecule has 0 bridgehead atoms. The molecule has 0 fully saturated rings. The molecule has 3 N–H and O–H groups in total. The van der Waals surface area contributed by atoms with E-state index in [2.05, 4.69) is 25.7 Å². The summed E-state index contributed by atoms with van der Waals surface area (Å²) in [4.78, 5) is 19.8. The van der Waals surface area contributed by atoms with Crippen molar-refractivity contribution < 1.29 is 4.79 Å². The van der Waals surface area contributed by atoms with Crippen LogP contribution in [0.2, 0.25) is 0 Å². The van der Waals surface area contributed by atoms with Crippen molar-refractivity contribution in [1.82, 2.24) is 30.4 Å². The van der Waals surface area contributed by atoms with Crippen LogP contribution < -0.4 is 10.6 Å². The van der Waals surface area contributed by atoms with E-state index in [-0.39, 0.29) is 11.9 Å². The Morgan fingerprint density at radius 1 is 1.32 bits per heavy atom. The minimum Gasteiger partial charge on any atom is -0.354 e. The summed E-state index contributed by atoms with van der Waals surface area (Å²) in [5.74, 6) is -0.0384. The van der Waals surface area contributed by atoms with E-state index in [1.807, 2.05) is 47.4 Å². The summed E-state index contributed by atoms with van der Waals surface area (Å²) in [5, 5.41) is 10.6. The first-order valence-corrected chi connectivity index (χ1v) is 8.43. The molecule has 128 valence electrons. The summed E-state index contributed by atoms with van der Waals surface area (Å²) in [6.45, 7) is 1.34. The van der Waals surface area contributed by atoms with Gasteiger partial charge in [0.25, 0.3) is 0 Å². The zero-order valence-corrected chi connectivity index (χ0v) is 13.8. The van der Waals surface area contributed by atoms with Gasteiger partial charge in [0.1, 0.15) is 6.04 Å². The maximum absolute atomic E-state index is 12.4. The number of hydrogen-bond acceptors (Lipinski definition) is 4. The highest BCUT2D eigenvalue weighted by Crippen LogP contribution is 2.19. The smallest absolute Gasteiger partial charge is 0.243 e. The Morgan fingerprint density at radius 3 is 3.08 bits per heavy atom. The number of aromatic amines is 1. The molecule has 0 aliphatic carbocycles. The number of amides is 1. The number of nitrogens with zero attached hydrogens (tertiary/aromatic N) is 3. The Kier molecular flexibility index (Phi) is 4.30. The van der Waals surface area contributed by atoms with Gasteiger partial charge in [-0.05, 0) is 24.1 Å². The monoisotopic (exact) mass is 336 g/mol. The summed E-state index contributed by atoms with van der Waals surface area (Å²) in [7, 11) is 0. The molecule has 4 rings (SSSR count). The van der Waals surface area contributed by atoms with Gasteiger partial charge in [-0.3, -0.25) is 4.79 Å². The lowest BCUT2D eigenvalue weighted by Gasteiger charge is -2.22. The van der Waals surface area contributed by atoms with E-state index in [0.717, 1.165) is 42.0 Å². The van der Waals surface area contributed by atoms with Gasteiger partial charge in [0.2, 0.25) is 5.91 Å². The lowest BCUT2D eigenvalue weighted by atomic mass is 10.0. The molecule has 0 saturated heterocycles. The van der Waals surface area contributed by atoms with Crippen molar-refractivity contribution in [1.29, 1.82) is 0 Å². The third-order valence-electron chi connectivity index (χ3n) is 4.38. The second-order valence-electron chi connectivity index (χ2n) is 6.07. The summed E-state index contributed by atoms with van der Waals surface area (Å²) in [6.07, 6.45) is 7.09. The molecular weight excluding hydrogens is 316 g/mol. The number of nitrogens with one attached hydrogen (secondary N) is 3. The average molecular weight is 336 g/mol. The van der Waals surface area contributed by atoms with Crippen molar-refractivity contribution in [3.8, 4) is 5.69 Å². The number of hydrogen-bond donors (Lipinski definition) is 3. The minimum atomic E-state index is -0.373. The molecule has 7 nitrogen and oxygen atoms in total. The SMILES string of the molecule is O=C(NCCc1cnn(-c2ccccc2)c1)[C@H]1NCCc2[nH]cnc21.